The van der Waals surface area contributed by atoms with Crippen LogP contribution in [0.5, 0.6) is 0 Å². The van der Waals surface area contributed by atoms with Gasteiger partial charge >= 0.3 is 0 Å². The molecule has 1 aromatic rings. The molecule has 0 aromatic heterocycles. The molecule has 0 saturated carbocycles. The molecule has 2 rings (SSSR count). The lowest BCUT2D eigenvalue weighted by Gasteiger charge is -2.34. The summed E-state index contributed by atoms with van der Waals surface area (Å²) in [7, 11) is -3.56. The van der Waals surface area contributed by atoms with Crippen molar-refractivity contribution in [2.75, 3.05) is 26.2 Å². The molecule has 8 heteroatoms. The van der Waals surface area contributed by atoms with Crippen molar-refractivity contribution in [3.8, 4) is 0 Å². The second-order valence-corrected chi connectivity index (χ2v) is 7.30. The van der Waals surface area contributed by atoms with Crippen molar-refractivity contribution in [2.45, 2.75) is 31.7 Å². The third-order valence-electron chi connectivity index (χ3n) is 3.85. The van der Waals surface area contributed by atoms with Gasteiger partial charge < -0.3 is 10.2 Å². The predicted molar refractivity (Wildman–Crippen MR) is 92.7 cm³/mol. The fourth-order valence-electron chi connectivity index (χ4n) is 2.57. The molecule has 1 heterocycles. The molecule has 0 bridgehead atoms. The lowest BCUT2D eigenvalue weighted by atomic mass is 10.1. The number of benzene rings is 1. The standard InChI is InChI=1S/C15H23N3O3S.ClH/c1-4-17-22(20,21)13-6-5-11(2)14(9-13)15(19)18-8-7-16-10-12(18)3;/h5-6,9,12,16-17H,4,7-8,10H2,1-3H3;1H/t12-;/m1./s1. The summed E-state index contributed by atoms with van der Waals surface area (Å²) in [5, 5.41) is 3.24. The van der Waals surface area contributed by atoms with Crippen LogP contribution in [0.3, 0.4) is 0 Å². The number of carbonyl (C=O) groups is 1. The van der Waals surface area contributed by atoms with E-state index in [1.54, 1.807) is 17.9 Å². The first-order valence-electron chi connectivity index (χ1n) is 7.49. The number of rotatable bonds is 4. The third kappa shape index (κ3) is 4.44. The highest BCUT2D eigenvalue weighted by Crippen LogP contribution is 2.19. The van der Waals surface area contributed by atoms with E-state index in [0.717, 1.165) is 18.7 Å². The van der Waals surface area contributed by atoms with Crippen molar-refractivity contribution in [1.82, 2.24) is 14.9 Å². The maximum absolute atomic E-state index is 12.8. The molecule has 1 aliphatic heterocycles. The number of piperazine rings is 1. The molecule has 0 aliphatic carbocycles. The first-order valence-corrected chi connectivity index (χ1v) is 8.97. The second-order valence-electron chi connectivity index (χ2n) is 5.53. The number of halogens is 1. The zero-order valence-corrected chi connectivity index (χ0v) is 15.3. The van der Waals surface area contributed by atoms with E-state index in [-0.39, 0.29) is 29.3 Å². The van der Waals surface area contributed by atoms with Gasteiger partial charge in [0.15, 0.2) is 0 Å². The molecular formula is C15H24ClN3O3S. The number of sulfonamides is 1. The molecule has 1 saturated heterocycles. The smallest absolute Gasteiger partial charge is 0.254 e. The Bertz CT molecular complexity index is 664. The van der Waals surface area contributed by atoms with Crippen molar-refractivity contribution >= 4 is 28.3 Å². The molecule has 130 valence electrons. The van der Waals surface area contributed by atoms with Crippen LogP contribution in [-0.2, 0) is 10.0 Å². The van der Waals surface area contributed by atoms with E-state index in [9.17, 15) is 13.2 Å². The number of hydrogen-bond acceptors (Lipinski definition) is 4. The highest BCUT2D eigenvalue weighted by atomic mass is 35.5. The van der Waals surface area contributed by atoms with E-state index in [1.807, 2.05) is 13.8 Å². The molecule has 1 amide bonds. The van der Waals surface area contributed by atoms with Crippen molar-refractivity contribution in [2.24, 2.45) is 0 Å². The van der Waals surface area contributed by atoms with Gasteiger partial charge in [0.1, 0.15) is 0 Å². The molecule has 1 atom stereocenters. The normalized spacial score (nSPS) is 18.4. The molecule has 6 nitrogen and oxygen atoms in total. The molecule has 1 aliphatic rings. The zero-order valence-electron chi connectivity index (χ0n) is 13.6. The topological polar surface area (TPSA) is 78.5 Å². The SMILES string of the molecule is CCNS(=O)(=O)c1ccc(C)c(C(=O)N2CCNC[C@H]2C)c1.Cl. The average Bonchev–Trinajstić information content (AvgIpc) is 2.47. The van der Waals surface area contributed by atoms with Crippen LogP contribution >= 0.6 is 12.4 Å². The van der Waals surface area contributed by atoms with Gasteiger partial charge in [0, 0.05) is 37.8 Å². The Morgan fingerprint density at radius 3 is 2.74 bits per heavy atom. The van der Waals surface area contributed by atoms with E-state index >= 15 is 0 Å². The van der Waals surface area contributed by atoms with Crippen LogP contribution in [0.2, 0.25) is 0 Å². The Morgan fingerprint density at radius 2 is 2.13 bits per heavy atom. The van der Waals surface area contributed by atoms with Gasteiger partial charge in [0.25, 0.3) is 5.91 Å². The molecule has 0 radical (unpaired) electrons. The Kier molecular flexibility index (Phi) is 7.01. The van der Waals surface area contributed by atoms with Crippen LogP contribution in [0.15, 0.2) is 23.1 Å². The lowest BCUT2D eigenvalue weighted by molar-refractivity contribution is 0.0654. The second kappa shape index (κ2) is 8.10. The van der Waals surface area contributed by atoms with Crippen molar-refractivity contribution in [1.29, 1.82) is 0 Å². The number of hydrogen-bond donors (Lipinski definition) is 2. The van der Waals surface area contributed by atoms with E-state index < -0.39 is 10.0 Å². The first kappa shape index (κ1) is 19.9. The highest BCUT2D eigenvalue weighted by Gasteiger charge is 2.26. The van der Waals surface area contributed by atoms with E-state index in [1.165, 1.54) is 12.1 Å². The Labute approximate surface area is 144 Å². The van der Waals surface area contributed by atoms with Gasteiger partial charge in [-0.2, -0.15) is 0 Å². The quantitative estimate of drug-likeness (QED) is 0.843. The Morgan fingerprint density at radius 1 is 1.43 bits per heavy atom. The maximum Gasteiger partial charge on any atom is 0.254 e. The minimum Gasteiger partial charge on any atom is -0.333 e. The summed E-state index contributed by atoms with van der Waals surface area (Å²) in [6.07, 6.45) is 0. The van der Waals surface area contributed by atoms with E-state index in [4.69, 9.17) is 0 Å². The van der Waals surface area contributed by atoms with Gasteiger partial charge in [-0.25, -0.2) is 13.1 Å². The maximum atomic E-state index is 12.8. The number of aryl methyl sites for hydroxylation is 1. The van der Waals surface area contributed by atoms with Crippen LogP contribution in [0, 0.1) is 6.92 Å². The molecule has 23 heavy (non-hydrogen) atoms. The molecule has 2 N–H and O–H groups in total. The molecular weight excluding hydrogens is 338 g/mol. The zero-order chi connectivity index (χ0) is 16.3. The summed E-state index contributed by atoms with van der Waals surface area (Å²) in [6, 6.07) is 4.79. The number of carbonyl (C=O) groups excluding carboxylic acids is 1. The van der Waals surface area contributed by atoms with Crippen LogP contribution < -0.4 is 10.0 Å². The minimum atomic E-state index is -3.56. The van der Waals surface area contributed by atoms with E-state index in [2.05, 4.69) is 10.0 Å². The Hall–Kier alpha value is -1.15. The van der Waals surface area contributed by atoms with E-state index in [0.29, 0.717) is 18.7 Å². The highest BCUT2D eigenvalue weighted by molar-refractivity contribution is 7.89. The lowest BCUT2D eigenvalue weighted by Crippen LogP contribution is -2.52. The van der Waals surface area contributed by atoms with Crippen molar-refractivity contribution in [3.63, 3.8) is 0 Å². The molecule has 0 spiro atoms. The van der Waals surface area contributed by atoms with Crippen molar-refractivity contribution < 1.29 is 13.2 Å². The predicted octanol–water partition coefficient (Wildman–Crippen LogP) is 1.15. The number of nitrogens with zero attached hydrogens (tertiary/aromatic N) is 1. The molecule has 1 fully saturated rings. The van der Waals surface area contributed by atoms with Gasteiger partial charge in [-0.3, -0.25) is 4.79 Å². The van der Waals surface area contributed by atoms with Gasteiger partial charge in [0.05, 0.1) is 4.90 Å². The minimum absolute atomic E-state index is 0. The van der Waals surface area contributed by atoms with Gasteiger partial charge in [0.2, 0.25) is 10.0 Å². The number of amides is 1. The molecule has 0 unspecified atom stereocenters. The first-order chi connectivity index (χ1) is 10.4. The summed E-state index contributed by atoms with van der Waals surface area (Å²) in [4.78, 5) is 14.7. The third-order valence-corrected chi connectivity index (χ3v) is 5.39. The summed E-state index contributed by atoms with van der Waals surface area (Å²) in [6.45, 7) is 7.98. The fourth-order valence-corrected chi connectivity index (χ4v) is 3.64. The van der Waals surface area contributed by atoms with Gasteiger partial charge in [-0.15, -0.1) is 12.4 Å². The monoisotopic (exact) mass is 361 g/mol. The largest absolute Gasteiger partial charge is 0.333 e. The average molecular weight is 362 g/mol. The number of nitrogens with one attached hydrogen (secondary N) is 2. The van der Waals surface area contributed by atoms with Crippen LogP contribution in [0.4, 0.5) is 0 Å². The Balaban J connectivity index is 0.00000264. The summed E-state index contributed by atoms with van der Waals surface area (Å²) in [5.41, 5.74) is 1.24. The fraction of sp³-hybridized carbons (Fsp3) is 0.533. The van der Waals surface area contributed by atoms with Gasteiger partial charge in [-0.1, -0.05) is 13.0 Å². The summed E-state index contributed by atoms with van der Waals surface area (Å²) < 4.78 is 26.7. The van der Waals surface area contributed by atoms with Crippen molar-refractivity contribution in [3.05, 3.63) is 29.3 Å². The van der Waals surface area contributed by atoms with Crippen LogP contribution in [-0.4, -0.2) is 51.4 Å². The molecule has 1 aromatic carbocycles. The summed E-state index contributed by atoms with van der Waals surface area (Å²) in [5.74, 6) is -0.111. The van der Waals surface area contributed by atoms with Gasteiger partial charge in [-0.05, 0) is 31.5 Å². The summed E-state index contributed by atoms with van der Waals surface area (Å²) >= 11 is 0. The van der Waals surface area contributed by atoms with Crippen LogP contribution in [0.1, 0.15) is 29.8 Å². The van der Waals surface area contributed by atoms with Crippen LogP contribution in [0.25, 0.3) is 0 Å².